The van der Waals surface area contributed by atoms with Crippen LogP contribution in [0.3, 0.4) is 0 Å². The number of fused-ring (bicyclic) bond motifs is 1. The number of para-hydroxylation sites is 1. The Labute approximate surface area is 160 Å². The molecule has 0 bridgehead atoms. The summed E-state index contributed by atoms with van der Waals surface area (Å²) < 4.78 is 5.46. The van der Waals surface area contributed by atoms with Crippen molar-refractivity contribution in [2.24, 2.45) is 0 Å². The third kappa shape index (κ3) is 5.97. The van der Waals surface area contributed by atoms with E-state index in [2.05, 4.69) is 17.1 Å². The number of hydroxylamine groups is 2. The molecule has 0 aliphatic carbocycles. The minimum absolute atomic E-state index is 0.134. The lowest BCUT2D eigenvalue weighted by Crippen LogP contribution is -2.47. The molecule has 0 aliphatic rings. The zero-order valence-corrected chi connectivity index (χ0v) is 17.0. The first-order valence-electron chi connectivity index (χ1n) is 8.71. The lowest BCUT2D eigenvalue weighted by atomic mass is 10.2. The molecule has 0 saturated carbocycles. The van der Waals surface area contributed by atoms with Gasteiger partial charge in [-0.05, 0) is 45.4 Å². The molecule has 142 valence electrons. The molecule has 0 radical (unpaired) electrons. The van der Waals surface area contributed by atoms with Crippen molar-refractivity contribution in [3.8, 4) is 0 Å². The molecule has 6 heteroatoms. The van der Waals surface area contributed by atoms with E-state index in [0.717, 1.165) is 28.6 Å². The highest BCUT2D eigenvalue weighted by Crippen LogP contribution is 2.22. The molecule has 0 unspecified atom stereocenters. The summed E-state index contributed by atoms with van der Waals surface area (Å²) in [5, 5.41) is 2.53. The molecular weight excluding hydrogens is 348 g/mol. The van der Waals surface area contributed by atoms with E-state index in [0.29, 0.717) is 5.75 Å². The minimum Gasteiger partial charge on any atom is -0.379 e. The van der Waals surface area contributed by atoms with Crippen LogP contribution in [0.4, 0.5) is 0 Å². The van der Waals surface area contributed by atoms with Gasteiger partial charge in [-0.3, -0.25) is 14.6 Å². The van der Waals surface area contributed by atoms with Gasteiger partial charge in [0, 0.05) is 30.2 Å². The molecular formula is C20H28N2O3S. The van der Waals surface area contributed by atoms with Gasteiger partial charge >= 0.3 is 0 Å². The number of benzene rings is 1. The van der Waals surface area contributed by atoms with E-state index in [9.17, 15) is 4.79 Å². The van der Waals surface area contributed by atoms with Crippen molar-refractivity contribution < 1.29 is 14.4 Å². The fourth-order valence-corrected chi connectivity index (χ4v) is 3.72. The average Bonchev–Trinajstić information content (AvgIpc) is 2.62. The number of amides is 1. The van der Waals surface area contributed by atoms with Crippen LogP contribution in [0.5, 0.6) is 0 Å². The number of pyridine rings is 1. The first-order valence-corrected chi connectivity index (χ1v) is 9.86. The van der Waals surface area contributed by atoms with Crippen LogP contribution in [-0.2, 0) is 20.1 Å². The van der Waals surface area contributed by atoms with E-state index in [1.165, 1.54) is 5.06 Å². The Morgan fingerprint density at radius 1 is 1.31 bits per heavy atom. The summed E-state index contributed by atoms with van der Waals surface area (Å²) in [5.41, 5.74) is 1.71. The highest BCUT2D eigenvalue weighted by atomic mass is 32.2. The van der Waals surface area contributed by atoms with Gasteiger partial charge in [0.15, 0.2) is 0 Å². The van der Waals surface area contributed by atoms with Crippen molar-refractivity contribution >= 4 is 29.1 Å². The van der Waals surface area contributed by atoms with Crippen LogP contribution < -0.4 is 0 Å². The van der Waals surface area contributed by atoms with Crippen LogP contribution in [-0.4, -0.2) is 47.1 Å². The number of methoxy groups -OCH3 is 1. The SMILES string of the molecule is CO[C@H](C)[C@@H](CSCc1cnc2ccccc2c1)N(C=O)OC(C)(C)C. The molecule has 0 fully saturated rings. The maximum absolute atomic E-state index is 11.6. The smallest absolute Gasteiger partial charge is 0.233 e. The molecule has 2 atom stereocenters. The zero-order valence-electron chi connectivity index (χ0n) is 16.1. The first kappa shape index (κ1) is 20.7. The standard InChI is InChI=1S/C20H28N2O3S/c1-15(24-5)19(22(14-23)25-20(2,3)4)13-26-12-16-10-17-8-6-7-9-18(17)21-11-16/h6-11,14-15,19H,12-13H2,1-5H3/t15-,19-/m1/s1. The Balaban J connectivity index is 2.02. The van der Waals surface area contributed by atoms with Gasteiger partial charge in [-0.15, -0.1) is 0 Å². The van der Waals surface area contributed by atoms with Crippen LogP contribution in [0.1, 0.15) is 33.3 Å². The molecule has 1 aromatic carbocycles. The summed E-state index contributed by atoms with van der Waals surface area (Å²) >= 11 is 1.74. The predicted molar refractivity (Wildman–Crippen MR) is 107 cm³/mol. The topological polar surface area (TPSA) is 51.7 Å². The quantitative estimate of drug-likeness (QED) is 0.488. The molecule has 2 rings (SSSR count). The fraction of sp³-hybridized carbons (Fsp3) is 0.500. The van der Waals surface area contributed by atoms with Gasteiger partial charge in [0.1, 0.15) is 0 Å². The van der Waals surface area contributed by atoms with Crippen molar-refractivity contribution in [1.29, 1.82) is 0 Å². The summed E-state index contributed by atoms with van der Waals surface area (Å²) in [6.45, 7) is 7.72. The Bertz CT molecular complexity index is 718. The van der Waals surface area contributed by atoms with Crippen molar-refractivity contribution in [3.63, 3.8) is 0 Å². The number of carbonyl (C=O) groups excluding carboxylic acids is 1. The number of ether oxygens (including phenoxy) is 1. The molecule has 2 aromatic rings. The summed E-state index contributed by atoms with van der Waals surface area (Å²) in [6, 6.07) is 10.1. The second kappa shape index (κ2) is 9.35. The van der Waals surface area contributed by atoms with Crippen molar-refractivity contribution in [3.05, 3.63) is 42.1 Å². The minimum atomic E-state index is -0.445. The Morgan fingerprint density at radius 3 is 2.69 bits per heavy atom. The maximum Gasteiger partial charge on any atom is 0.233 e. The summed E-state index contributed by atoms with van der Waals surface area (Å²) in [4.78, 5) is 21.8. The van der Waals surface area contributed by atoms with Crippen LogP contribution >= 0.6 is 11.8 Å². The number of hydrogen-bond donors (Lipinski definition) is 0. The molecule has 0 N–H and O–H groups in total. The number of hydrogen-bond acceptors (Lipinski definition) is 5. The average molecular weight is 377 g/mol. The molecule has 0 spiro atoms. The molecule has 0 saturated heterocycles. The maximum atomic E-state index is 11.6. The van der Waals surface area contributed by atoms with Crippen LogP contribution in [0.25, 0.3) is 10.9 Å². The summed E-state index contributed by atoms with van der Waals surface area (Å²) in [5.74, 6) is 1.52. The van der Waals surface area contributed by atoms with E-state index >= 15 is 0 Å². The monoisotopic (exact) mass is 376 g/mol. The number of nitrogens with zero attached hydrogens (tertiary/aromatic N) is 2. The van der Waals surface area contributed by atoms with Gasteiger partial charge < -0.3 is 4.74 Å². The summed E-state index contributed by atoms with van der Waals surface area (Å²) in [6.07, 6.45) is 2.52. The fourth-order valence-electron chi connectivity index (χ4n) is 2.55. The lowest BCUT2D eigenvalue weighted by Gasteiger charge is -2.35. The zero-order chi connectivity index (χ0) is 19.2. The first-order chi connectivity index (χ1) is 12.3. The third-order valence-electron chi connectivity index (χ3n) is 3.93. The normalized spacial score (nSPS) is 14.2. The largest absolute Gasteiger partial charge is 0.379 e. The van der Waals surface area contributed by atoms with Crippen LogP contribution in [0, 0.1) is 0 Å². The van der Waals surface area contributed by atoms with Gasteiger partial charge in [-0.1, -0.05) is 18.2 Å². The second-order valence-electron chi connectivity index (χ2n) is 7.23. The van der Waals surface area contributed by atoms with Gasteiger partial charge in [0.2, 0.25) is 6.41 Å². The Kier molecular flexibility index (Phi) is 7.43. The van der Waals surface area contributed by atoms with Crippen molar-refractivity contribution in [2.45, 2.75) is 51.2 Å². The molecule has 0 aliphatic heterocycles. The Morgan fingerprint density at radius 2 is 2.04 bits per heavy atom. The van der Waals surface area contributed by atoms with Gasteiger partial charge in [0.05, 0.1) is 23.3 Å². The second-order valence-corrected chi connectivity index (χ2v) is 8.26. The third-order valence-corrected chi connectivity index (χ3v) is 5.04. The van der Waals surface area contributed by atoms with Crippen molar-refractivity contribution in [2.75, 3.05) is 12.9 Å². The number of rotatable bonds is 9. The van der Waals surface area contributed by atoms with Crippen LogP contribution in [0.2, 0.25) is 0 Å². The molecule has 1 amide bonds. The van der Waals surface area contributed by atoms with E-state index in [1.807, 2.05) is 52.1 Å². The van der Waals surface area contributed by atoms with Crippen LogP contribution in [0.15, 0.2) is 36.5 Å². The summed E-state index contributed by atoms with van der Waals surface area (Å²) in [7, 11) is 1.65. The highest BCUT2D eigenvalue weighted by molar-refractivity contribution is 7.98. The van der Waals surface area contributed by atoms with Gasteiger partial charge in [-0.2, -0.15) is 11.8 Å². The number of thioether (sulfide) groups is 1. The molecule has 5 nitrogen and oxygen atoms in total. The Hall–Kier alpha value is -1.63. The number of aromatic nitrogens is 1. The van der Waals surface area contributed by atoms with E-state index in [-0.39, 0.29) is 12.1 Å². The van der Waals surface area contributed by atoms with E-state index in [1.54, 1.807) is 18.9 Å². The molecule has 1 aromatic heterocycles. The molecule has 26 heavy (non-hydrogen) atoms. The van der Waals surface area contributed by atoms with E-state index in [4.69, 9.17) is 9.57 Å². The van der Waals surface area contributed by atoms with Gasteiger partial charge in [0.25, 0.3) is 0 Å². The van der Waals surface area contributed by atoms with Crippen molar-refractivity contribution in [1.82, 2.24) is 10.0 Å². The van der Waals surface area contributed by atoms with Gasteiger partial charge in [-0.25, -0.2) is 5.06 Å². The number of carbonyl (C=O) groups is 1. The van der Waals surface area contributed by atoms with E-state index < -0.39 is 5.60 Å². The lowest BCUT2D eigenvalue weighted by molar-refractivity contribution is -0.239. The highest BCUT2D eigenvalue weighted by Gasteiger charge is 2.28. The molecule has 1 heterocycles. The predicted octanol–water partition coefficient (Wildman–Crippen LogP) is 4.06.